The number of aromatic hydroxyl groups is 2. The number of nitrogens with zero attached hydrogens (tertiary/aromatic N) is 2. The highest BCUT2D eigenvalue weighted by Gasteiger charge is 2.35. The number of aliphatic hydroxyl groups is 1. The number of carbonyl (C=O) groups excluding carboxylic acids is 1. The Labute approximate surface area is 203 Å². The number of β-amino-alcohol motifs (C(OH)–C–C–N with tert-alkyl or cyclic N) is 1. The molecular formula is C26H42N2O6. The maximum absolute atomic E-state index is 13.3. The van der Waals surface area contributed by atoms with Crippen LogP contribution in [-0.2, 0) is 20.8 Å². The number of hydrogen-bond donors (Lipinski definition) is 3. The molecule has 2 aliphatic rings. The minimum absolute atomic E-state index is 0.0824. The third-order valence-corrected chi connectivity index (χ3v) is 7.41. The van der Waals surface area contributed by atoms with Gasteiger partial charge in [0.05, 0.1) is 19.3 Å². The molecule has 3 rings (SSSR count). The van der Waals surface area contributed by atoms with E-state index in [1.165, 1.54) is 6.07 Å². The second-order valence-corrected chi connectivity index (χ2v) is 10.6. The average Bonchev–Trinajstić information content (AvgIpc) is 2.80. The molecule has 0 saturated carbocycles. The lowest BCUT2D eigenvalue weighted by molar-refractivity contribution is -0.137. The number of hydrogen-bond acceptors (Lipinski definition) is 7. The fourth-order valence-corrected chi connectivity index (χ4v) is 5.03. The molecule has 0 radical (unpaired) electrons. The van der Waals surface area contributed by atoms with Crippen LogP contribution in [0.1, 0.15) is 45.1 Å². The lowest BCUT2D eigenvalue weighted by atomic mass is 9.80. The van der Waals surface area contributed by atoms with Gasteiger partial charge >= 0.3 is 0 Å². The van der Waals surface area contributed by atoms with Crippen LogP contribution >= 0.6 is 0 Å². The van der Waals surface area contributed by atoms with E-state index in [1.807, 2.05) is 19.9 Å². The van der Waals surface area contributed by atoms with Crippen LogP contribution in [0.5, 0.6) is 11.5 Å². The molecule has 0 unspecified atom stereocenters. The van der Waals surface area contributed by atoms with Gasteiger partial charge in [0.15, 0.2) is 11.5 Å². The van der Waals surface area contributed by atoms with Gasteiger partial charge in [-0.15, -0.1) is 0 Å². The quantitative estimate of drug-likeness (QED) is 0.559. The van der Waals surface area contributed by atoms with Crippen molar-refractivity contribution in [1.82, 2.24) is 9.80 Å². The molecule has 0 aliphatic carbocycles. The van der Waals surface area contributed by atoms with Crippen LogP contribution < -0.4 is 0 Å². The molecule has 1 aromatic rings. The summed E-state index contributed by atoms with van der Waals surface area (Å²) in [6, 6.07) is 4.98. The summed E-state index contributed by atoms with van der Waals surface area (Å²) in [6.07, 6.45) is 2.64. The maximum atomic E-state index is 13.3. The van der Waals surface area contributed by atoms with Gasteiger partial charge in [0.2, 0.25) is 5.91 Å². The summed E-state index contributed by atoms with van der Waals surface area (Å²) in [4.78, 5) is 17.5. The lowest BCUT2D eigenvalue weighted by Gasteiger charge is -2.39. The highest BCUT2D eigenvalue weighted by atomic mass is 16.5. The highest BCUT2D eigenvalue weighted by molar-refractivity contribution is 5.76. The van der Waals surface area contributed by atoms with Gasteiger partial charge in [0, 0.05) is 51.7 Å². The Bertz CT molecular complexity index is 801. The predicted molar refractivity (Wildman–Crippen MR) is 130 cm³/mol. The van der Waals surface area contributed by atoms with Gasteiger partial charge in [0.1, 0.15) is 0 Å². The molecule has 8 heteroatoms. The number of benzene rings is 1. The molecule has 34 heavy (non-hydrogen) atoms. The summed E-state index contributed by atoms with van der Waals surface area (Å²) < 4.78 is 11.2. The molecule has 0 bridgehead atoms. The fourth-order valence-electron chi connectivity index (χ4n) is 5.03. The van der Waals surface area contributed by atoms with E-state index in [1.54, 1.807) is 18.1 Å². The normalized spacial score (nSPS) is 27.4. The molecule has 3 atom stereocenters. The van der Waals surface area contributed by atoms with Crippen molar-refractivity contribution in [3.8, 4) is 11.5 Å². The van der Waals surface area contributed by atoms with Crippen molar-refractivity contribution in [1.29, 1.82) is 0 Å². The van der Waals surface area contributed by atoms with Gasteiger partial charge in [0.25, 0.3) is 0 Å². The summed E-state index contributed by atoms with van der Waals surface area (Å²) in [5.74, 6) is 0.530. The molecule has 2 fully saturated rings. The molecule has 8 nitrogen and oxygen atoms in total. The predicted octanol–water partition coefficient (Wildman–Crippen LogP) is 2.60. The first-order valence-corrected chi connectivity index (χ1v) is 12.5. The van der Waals surface area contributed by atoms with Crippen LogP contribution in [-0.4, -0.2) is 90.2 Å². The number of piperidine rings is 1. The van der Waals surface area contributed by atoms with Gasteiger partial charge < -0.3 is 29.7 Å². The van der Waals surface area contributed by atoms with E-state index >= 15 is 0 Å². The van der Waals surface area contributed by atoms with Gasteiger partial charge in [-0.1, -0.05) is 19.9 Å². The van der Waals surface area contributed by atoms with E-state index in [0.29, 0.717) is 45.2 Å². The topological polar surface area (TPSA) is 103 Å². The number of likely N-dealkylation sites (tertiary alicyclic amines) is 1. The van der Waals surface area contributed by atoms with E-state index in [0.717, 1.165) is 37.9 Å². The van der Waals surface area contributed by atoms with E-state index in [-0.39, 0.29) is 29.9 Å². The summed E-state index contributed by atoms with van der Waals surface area (Å²) in [5, 5.41) is 30.3. The maximum Gasteiger partial charge on any atom is 0.223 e. The minimum Gasteiger partial charge on any atom is -0.504 e. The Hall–Kier alpha value is -1.87. The van der Waals surface area contributed by atoms with Crippen LogP contribution in [0.25, 0.3) is 0 Å². The Morgan fingerprint density at radius 2 is 1.94 bits per heavy atom. The number of fused-ring (bicyclic) bond motifs is 1. The van der Waals surface area contributed by atoms with Gasteiger partial charge in [-0.05, 0) is 55.3 Å². The van der Waals surface area contributed by atoms with Crippen LogP contribution in [0.2, 0.25) is 0 Å². The third kappa shape index (κ3) is 7.31. The smallest absolute Gasteiger partial charge is 0.223 e. The number of methoxy groups -OCH3 is 1. The van der Waals surface area contributed by atoms with E-state index in [2.05, 4.69) is 4.90 Å². The Morgan fingerprint density at radius 3 is 2.68 bits per heavy atom. The molecule has 0 aromatic heterocycles. The van der Waals surface area contributed by atoms with E-state index in [9.17, 15) is 20.1 Å². The largest absolute Gasteiger partial charge is 0.504 e. The van der Waals surface area contributed by atoms with Gasteiger partial charge in [-0.2, -0.15) is 0 Å². The first-order chi connectivity index (χ1) is 16.2. The van der Waals surface area contributed by atoms with Crippen molar-refractivity contribution >= 4 is 5.91 Å². The Morgan fingerprint density at radius 1 is 1.15 bits per heavy atom. The minimum atomic E-state index is -0.673. The Balaban J connectivity index is 1.71. The number of carbonyl (C=O) groups is 1. The monoisotopic (exact) mass is 478 g/mol. The number of ether oxygens (including phenoxy) is 2. The standard InChI is InChI=1S/C26H42N2O6/c1-26(2)18-34-11-4-5-21-16-27(15-19-6-7-22(29)23(30)13-19)9-8-20(21)14-25(32)28(10-12-33-3)17-24(26)31/h6-7,13,20-21,24,29-31H,4-5,8-12,14-18H2,1-3H3/t20-,21-,24-/m0/s1. The second-order valence-electron chi connectivity index (χ2n) is 10.6. The SMILES string of the molecule is COCCN1C[C@H](O)C(C)(C)COCCC[C@H]2CN(Cc3ccc(O)c(O)c3)CC[C@H]2CC1=O. The molecule has 2 heterocycles. The van der Waals surface area contributed by atoms with E-state index < -0.39 is 11.5 Å². The average molecular weight is 479 g/mol. The molecule has 192 valence electrons. The summed E-state index contributed by atoms with van der Waals surface area (Å²) in [7, 11) is 1.62. The number of amides is 1. The first-order valence-electron chi connectivity index (χ1n) is 12.5. The fraction of sp³-hybridized carbons (Fsp3) is 0.731. The van der Waals surface area contributed by atoms with Crippen molar-refractivity contribution in [2.75, 3.05) is 53.1 Å². The first kappa shape index (κ1) is 26.7. The van der Waals surface area contributed by atoms with Crippen molar-refractivity contribution in [3.63, 3.8) is 0 Å². The van der Waals surface area contributed by atoms with Crippen molar-refractivity contribution in [2.45, 2.75) is 52.2 Å². The zero-order valence-corrected chi connectivity index (χ0v) is 20.9. The number of rotatable bonds is 5. The molecule has 3 N–H and O–H groups in total. The zero-order chi connectivity index (χ0) is 24.7. The number of phenolic OH excluding ortho intramolecular Hbond substituents is 2. The third-order valence-electron chi connectivity index (χ3n) is 7.41. The van der Waals surface area contributed by atoms with Gasteiger partial charge in [-0.25, -0.2) is 0 Å². The van der Waals surface area contributed by atoms with Crippen LogP contribution in [0.4, 0.5) is 0 Å². The molecule has 1 aromatic carbocycles. The second kappa shape index (κ2) is 12.2. The van der Waals surface area contributed by atoms with Crippen molar-refractivity contribution in [2.24, 2.45) is 17.3 Å². The summed E-state index contributed by atoms with van der Waals surface area (Å²) >= 11 is 0. The van der Waals surface area contributed by atoms with Crippen LogP contribution in [0.3, 0.4) is 0 Å². The summed E-state index contributed by atoms with van der Waals surface area (Å²) in [5.41, 5.74) is 0.513. The number of phenols is 2. The molecule has 2 saturated heterocycles. The lowest BCUT2D eigenvalue weighted by Crippen LogP contribution is -2.47. The van der Waals surface area contributed by atoms with Crippen LogP contribution in [0.15, 0.2) is 18.2 Å². The molecule has 2 aliphatic heterocycles. The highest BCUT2D eigenvalue weighted by Crippen LogP contribution is 2.33. The molecule has 1 amide bonds. The molecule has 0 spiro atoms. The zero-order valence-electron chi connectivity index (χ0n) is 20.9. The van der Waals surface area contributed by atoms with Crippen molar-refractivity contribution in [3.05, 3.63) is 23.8 Å². The van der Waals surface area contributed by atoms with Gasteiger partial charge in [-0.3, -0.25) is 9.69 Å². The van der Waals surface area contributed by atoms with E-state index in [4.69, 9.17) is 9.47 Å². The molecular weight excluding hydrogens is 436 g/mol. The Kier molecular flexibility index (Phi) is 9.59. The summed E-state index contributed by atoms with van der Waals surface area (Å²) in [6.45, 7) is 8.70. The van der Waals surface area contributed by atoms with Crippen LogP contribution in [0, 0.1) is 17.3 Å². The van der Waals surface area contributed by atoms with Crippen molar-refractivity contribution < 1.29 is 29.6 Å². The number of aliphatic hydroxyl groups excluding tert-OH is 1.